The SMILES string of the molecule is C=CCN1CCN(C(=O)c2csc(C)c2)C[C@@H](Cc2ccccc2-c2cccnc2)C1=O. The van der Waals surface area contributed by atoms with Gasteiger partial charge in [0, 0.05) is 54.4 Å². The summed E-state index contributed by atoms with van der Waals surface area (Å²) in [6.45, 7) is 7.73. The summed E-state index contributed by atoms with van der Waals surface area (Å²) >= 11 is 1.57. The molecule has 0 unspecified atom stereocenters. The third-order valence-electron chi connectivity index (χ3n) is 5.81. The van der Waals surface area contributed by atoms with Crippen molar-refractivity contribution in [2.45, 2.75) is 13.3 Å². The molecule has 32 heavy (non-hydrogen) atoms. The summed E-state index contributed by atoms with van der Waals surface area (Å²) in [6.07, 6.45) is 5.90. The fourth-order valence-corrected chi connectivity index (χ4v) is 4.90. The van der Waals surface area contributed by atoms with Crippen LogP contribution in [0.2, 0.25) is 0 Å². The molecule has 1 aromatic carbocycles. The van der Waals surface area contributed by atoms with Gasteiger partial charge in [0.2, 0.25) is 5.91 Å². The molecule has 0 spiro atoms. The number of hydrogen-bond acceptors (Lipinski definition) is 4. The lowest BCUT2D eigenvalue weighted by Gasteiger charge is -2.24. The molecule has 0 N–H and O–H groups in total. The van der Waals surface area contributed by atoms with Crippen LogP contribution in [0.5, 0.6) is 0 Å². The Kier molecular flexibility index (Phi) is 6.81. The first kappa shape index (κ1) is 22.0. The smallest absolute Gasteiger partial charge is 0.254 e. The van der Waals surface area contributed by atoms with Crippen LogP contribution in [-0.2, 0) is 11.2 Å². The van der Waals surface area contributed by atoms with Gasteiger partial charge < -0.3 is 9.80 Å². The number of hydrogen-bond donors (Lipinski definition) is 0. The highest BCUT2D eigenvalue weighted by molar-refractivity contribution is 7.10. The number of aryl methyl sites for hydroxylation is 1. The topological polar surface area (TPSA) is 53.5 Å². The van der Waals surface area contributed by atoms with Gasteiger partial charge in [0.25, 0.3) is 5.91 Å². The molecule has 5 nitrogen and oxygen atoms in total. The van der Waals surface area contributed by atoms with Crippen molar-refractivity contribution < 1.29 is 9.59 Å². The highest BCUT2D eigenvalue weighted by Gasteiger charge is 2.33. The third kappa shape index (κ3) is 4.81. The summed E-state index contributed by atoms with van der Waals surface area (Å²) < 4.78 is 0. The van der Waals surface area contributed by atoms with E-state index in [1.165, 1.54) is 0 Å². The molecular weight excluding hydrogens is 418 g/mol. The van der Waals surface area contributed by atoms with Gasteiger partial charge in [-0.3, -0.25) is 14.6 Å². The second-order valence-corrected chi connectivity index (χ2v) is 9.19. The van der Waals surface area contributed by atoms with Gasteiger partial charge in [0.1, 0.15) is 0 Å². The maximum atomic E-state index is 13.4. The normalized spacial score (nSPS) is 16.7. The quantitative estimate of drug-likeness (QED) is 0.527. The number of nitrogens with zero attached hydrogens (tertiary/aromatic N) is 3. The number of pyridine rings is 1. The predicted molar refractivity (Wildman–Crippen MR) is 129 cm³/mol. The molecule has 3 heterocycles. The first-order valence-corrected chi connectivity index (χ1v) is 11.7. The van der Waals surface area contributed by atoms with Crippen molar-refractivity contribution in [3.63, 3.8) is 0 Å². The molecule has 2 amide bonds. The number of benzene rings is 1. The Morgan fingerprint density at radius 1 is 1.25 bits per heavy atom. The van der Waals surface area contributed by atoms with Crippen LogP contribution in [-0.4, -0.2) is 52.8 Å². The Balaban J connectivity index is 1.64. The zero-order valence-electron chi connectivity index (χ0n) is 18.2. The molecule has 6 heteroatoms. The average molecular weight is 446 g/mol. The molecule has 1 atom stereocenters. The van der Waals surface area contributed by atoms with E-state index in [0.717, 1.165) is 21.6 Å². The summed E-state index contributed by atoms with van der Waals surface area (Å²) in [5.74, 6) is -0.255. The lowest BCUT2D eigenvalue weighted by Crippen LogP contribution is -2.38. The highest BCUT2D eigenvalue weighted by atomic mass is 32.1. The number of rotatable bonds is 6. The molecule has 2 aromatic heterocycles. The largest absolute Gasteiger partial charge is 0.337 e. The number of carbonyl (C=O) groups excluding carboxylic acids is 2. The van der Waals surface area contributed by atoms with E-state index in [1.807, 2.05) is 58.6 Å². The van der Waals surface area contributed by atoms with Crippen LogP contribution in [0.1, 0.15) is 20.8 Å². The molecule has 4 rings (SSSR count). The second-order valence-electron chi connectivity index (χ2n) is 8.07. The van der Waals surface area contributed by atoms with Gasteiger partial charge in [-0.2, -0.15) is 0 Å². The summed E-state index contributed by atoms with van der Waals surface area (Å²) in [6, 6.07) is 14.0. The maximum absolute atomic E-state index is 13.4. The summed E-state index contributed by atoms with van der Waals surface area (Å²) in [5, 5.41) is 1.90. The van der Waals surface area contributed by atoms with Crippen molar-refractivity contribution in [2.24, 2.45) is 5.92 Å². The van der Waals surface area contributed by atoms with E-state index in [0.29, 0.717) is 38.2 Å². The molecule has 0 radical (unpaired) electrons. The molecule has 164 valence electrons. The van der Waals surface area contributed by atoms with Crippen molar-refractivity contribution in [1.29, 1.82) is 0 Å². The number of carbonyl (C=O) groups is 2. The highest BCUT2D eigenvalue weighted by Crippen LogP contribution is 2.27. The van der Waals surface area contributed by atoms with Crippen LogP contribution in [0.4, 0.5) is 0 Å². The van der Waals surface area contributed by atoms with Crippen LogP contribution >= 0.6 is 11.3 Å². The van der Waals surface area contributed by atoms with Crippen molar-refractivity contribution in [2.75, 3.05) is 26.2 Å². The van der Waals surface area contributed by atoms with Crippen molar-refractivity contribution in [1.82, 2.24) is 14.8 Å². The minimum absolute atomic E-state index is 0.00634. The predicted octanol–water partition coefficient (Wildman–Crippen LogP) is 4.45. The molecule has 1 aliphatic rings. The van der Waals surface area contributed by atoms with Crippen LogP contribution in [0.3, 0.4) is 0 Å². The Bertz CT molecular complexity index is 1110. The van der Waals surface area contributed by atoms with Crippen molar-refractivity contribution >= 4 is 23.2 Å². The fourth-order valence-electron chi connectivity index (χ4n) is 4.22. The molecule has 1 fully saturated rings. The lowest BCUT2D eigenvalue weighted by atomic mass is 9.91. The summed E-state index contributed by atoms with van der Waals surface area (Å²) in [7, 11) is 0. The zero-order valence-corrected chi connectivity index (χ0v) is 19.1. The second kappa shape index (κ2) is 9.92. The van der Waals surface area contributed by atoms with Gasteiger partial charge in [0.15, 0.2) is 0 Å². The zero-order chi connectivity index (χ0) is 22.5. The standard InChI is InChI=1S/C26H27N3O2S/c1-3-11-28-12-13-29(26(31)23-14-19(2)32-18-23)17-22(25(28)30)15-20-7-4-5-9-24(20)21-8-6-10-27-16-21/h3-10,14,16,18,22H,1,11-13,15,17H2,2H3/t22-/m1/s1. The summed E-state index contributed by atoms with van der Waals surface area (Å²) in [4.78, 5) is 35.6. The summed E-state index contributed by atoms with van der Waals surface area (Å²) in [5.41, 5.74) is 3.87. The number of thiophene rings is 1. The first-order chi connectivity index (χ1) is 15.6. The van der Waals surface area contributed by atoms with Gasteiger partial charge in [-0.15, -0.1) is 17.9 Å². The van der Waals surface area contributed by atoms with Crippen LogP contribution in [0.15, 0.2) is 72.9 Å². The number of amides is 2. The minimum Gasteiger partial charge on any atom is -0.337 e. The molecule has 0 aliphatic carbocycles. The molecule has 3 aromatic rings. The Hall–Kier alpha value is -3.25. The van der Waals surface area contributed by atoms with Gasteiger partial charge in [-0.25, -0.2) is 0 Å². The average Bonchev–Trinajstić information content (AvgIpc) is 3.20. The first-order valence-electron chi connectivity index (χ1n) is 10.8. The Labute approximate surface area is 193 Å². The van der Waals surface area contributed by atoms with E-state index in [9.17, 15) is 9.59 Å². The molecular formula is C26H27N3O2S. The fraction of sp³-hybridized carbons (Fsp3) is 0.269. The maximum Gasteiger partial charge on any atom is 0.254 e. The van der Waals surface area contributed by atoms with E-state index < -0.39 is 0 Å². The van der Waals surface area contributed by atoms with Gasteiger partial charge in [-0.05, 0) is 36.6 Å². The molecule has 1 saturated heterocycles. The van der Waals surface area contributed by atoms with E-state index in [4.69, 9.17) is 0 Å². The van der Waals surface area contributed by atoms with Crippen LogP contribution < -0.4 is 0 Å². The molecule has 0 bridgehead atoms. The third-order valence-corrected chi connectivity index (χ3v) is 6.67. The molecule has 0 saturated carbocycles. The Morgan fingerprint density at radius 2 is 2.09 bits per heavy atom. The van der Waals surface area contributed by atoms with Crippen molar-refractivity contribution in [3.8, 4) is 11.1 Å². The van der Waals surface area contributed by atoms with Crippen molar-refractivity contribution in [3.05, 3.63) is 88.9 Å². The van der Waals surface area contributed by atoms with E-state index >= 15 is 0 Å². The van der Waals surface area contributed by atoms with Crippen LogP contribution in [0.25, 0.3) is 11.1 Å². The number of aromatic nitrogens is 1. The van der Waals surface area contributed by atoms with E-state index in [1.54, 1.807) is 23.6 Å². The van der Waals surface area contributed by atoms with E-state index in [2.05, 4.69) is 23.7 Å². The monoisotopic (exact) mass is 445 g/mol. The lowest BCUT2D eigenvalue weighted by molar-refractivity contribution is -0.134. The molecule has 1 aliphatic heterocycles. The van der Waals surface area contributed by atoms with Gasteiger partial charge in [-0.1, -0.05) is 36.4 Å². The van der Waals surface area contributed by atoms with Crippen LogP contribution in [0, 0.1) is 12.8 Å². The van der Waals surface area contributed by atoms with E-state index in [-0.39, 0.29) is 17.7 Å². The minimum atomic E-state index is -0.320. The van der Waals surface area contributed by atoms with Gasteiger partial charge >= 0.3 is 0 Å². The van der Waals surface area contributed by atoms with Gasteiger partial charge in [0.05, 0.1) is 11.5 Å². The Morgan fingerprint density at radius 3 is 2.81 bits per heavy atom.